The molecule has 1 aromatic carbocycles. The number of halogens is 5. The molecule has 0 aliphatic carbocycles. The van der Waals surface area contributed by atoms with Crippen LogP contribution in [-0.4, -0.2) is 11.0 Å². The normalized spacial score (nSPS) is 11.4. The molecule has 116 valence electrons. The number of alkyl halides is 3. The lowest BCUT2D eigenvalue weighted by atomic mass is 10.2. The van der Waals surface area contributed by atoms with E-state index < -0.39 is 23.7 Å². The zero-order valence-electron chi connectivity index (χ0n) is 11.0. The lowest BCUT2D eigenvalue weighted by Gasteiger charge is -2.10. The van der Waals surface area contributed by atoms with Gasteiger partial charge in [0.25, 0.3) is 0 Å². The van der Waals surface area contributed by atoms with E-state index in [4.69, 9.17) is 4.74 Å². The largest absolute Gasteiger partial charge is 0.433 e. The first kappa shape index (κ1) is 16.4. The molecule has 22 heavy (non-hydrogen) atoms. The number of hydrogen-bond acceptors (Lipinski definition) is 3. The van der Waals surface area contributed by atoms with Crippen LogP contribution in [0.15, 0.2) is 34.8 Å². The number of aromatic nitrogens is 1. The molecule has 0 N–H and O–H groups in total. The number of esters is 1. The molecule has 0 saturated heterocycles. The third kappa shape index (κ3) is 3.62. The number of ether oxygens (including phenoxy) is 1. The van der Waals surface area contributed by atoms with Crippen LogP contribution in [0.25, 0.3) is 0 Å². The molecule has 2 aromatic rings. The monoisotopic (exact) mass is 377 g/mol. The van der Waals surface area contributed by atoms with Gasteiger partial charge in [0.05, 0.1) is 11.3 Å². The fourth-order valence-electron chi connectivity index (χ4n) is 1.65. The standard InChI is InChI=1S/C14H8BrF4NO2/c1-7-9(3-5-12(20-7)14(17,18)19)13(21)22-11-4-2-8(15)6-10(11)16/h2-6H,1H3. The van der Waals surface area contributed by atoms with E-state index in [1.165, 1.54) is 19.1 Å². The topological polar surface area (TPSA) is 39.2 Å². The van der Waals surface area contributed by atoms with Crippen molar-refractivity contribution in [2.45, 2.75) is 13.1 Å². The number of hydrogen-bond donors (Lipinski definition) is 0. The van der Waals surface area contributed by atoms with Crippen LogP contribution < -0.4 is 4.74 Å². The van der Waals surface area contributed by atoms with Gasteiger partial charge in [0.2, 0.25) is 0 Å². The lowest BCUT2D eigenvalue weighted by Crippen LogP contribution is -2.15. The van der Waals surface area contributed by atoms with E-state index in [0.29, 0.717) is 10.5 Å². The maximum Gasteiger partial charge on any atom is 0.433 e. The van der Waals surface area contributed by atoms with Crippen molar-refractivity contribution in [3.8, 4) is 5.75 Å². The molecule has 3 nitrogen and oxygen atoms in total. The highest BCUT2D eigenvalue weighted by molar-refractivity contribution is 9.10. The van der Waals surface area contributed by atoms with E-state index in [1.807, 2.05) is 0 Å². The van der Waals surface area contributed by atoms with Crippen LogP contribution in [0, 0.1) is 12.7 Å². The number of nitrogens with zero attached hydrogens (tertiary/aromatic N) is 1. The van der Waals surface area contributed by atoms with Crippen molar-refractivity contribution in [1.82, 2.24) is 4.98 Å². The Balaban J connectivity index is 2.26. The summed E-state index contributed by atoms with van der Waals surface area (Å²) in [6.07, 6.45) is -4.61. The highest BCUT2D eigenvalue weighted by atomic mass is 79.9. The molecule has 0 saturated carbocycles. The van der Waals surface area contributed by atoms with Crippen molar-refractivity contribution in [3.63, 3.8) is 0 Å². The maximum absolute atomic E-state index is 13.6. The summed E-state index contributed by atoms with van der Waals surface area (Å²) in [5, 5.41) is 0. The lowest BCUT2D eigenvalue weighted by molar-refractivity contribution is -0.141. The molecule has 0 aliphatic rings. The molecule has 0 fully saturated rings. The van der Waals surface area contributed by atoms with Gasteiger partial charge in [-0.1, -0.05) is 15.9 Å². The molecular formula is C14H8BrF4NO2. The van der Waals surface area contributed by atoms with Crippen molar-refractivity contribution in [2.24, 2.45) is 0 Å². The average molecular weight is 378 g/mol. The average Bonchev–Trinajstić information content (AvgIpc) is 2.40. The smallest absolute Gasteiger partial charge is 0.420 e. The number of rotatable bonds is 2. The van der Waals surface area contributed by atoms with Gasteiger partial charge < -0.3 is 4.74 Å². The van der Waals surface area contributed by atoms with Crippen LogP contribution in [-0.2, 0) is 6.18 Å². The number of benzene rings is 1. The predicted octanol–water partition coefficient (Wildman–Crippen LogP) is 4.53. The molecule has 1 aromatic heterocycles. The quantitative estimate of drug-likeness (QED) is 0.438. The van der Waals surface area contributed by atoms with Gasteiger partial charge in [-0.05, 0) is 37.3 Å². The number of carbonyl (C=O) groups is 1. The van der Waals surface area contributed by atoms with Crippen molar-refractivity contribution < 1.29 is 27.1 Å². The van der Waals surface area contributed by atoms with E-state index in [1.54, 1.807) is 0 Å². The molecule has 0 amide bonds. The molecule has 0 aliphatic heterocycles. The summed E-state index contributed by atoms with van der Waals surface area (Å²) in [7, 11) is 0. The summed E-state index contributed by atoms with van der Waals surface area (Å²) < 4.78 is 56.4. The Morgan fingerprint density at radius 1 is 1.23 bits per heavy atom. The summed E-state index contributed by atoms with van der Waals surface area (Å²) in [5.41, 5.74) is -1.44. The highest BCUT2D eigenvalue weighted by Crippen LogP contribution is 2.28. The Morgan fingerprint density at radius 3 is 2.45 bits per heavy atom. The molecule has 0 spiro atoms. The van der Waals surface area contributed by atoms with Gasteiger partial charge in [-0.25, -0.2) is 14.2 Å². The number of pyridine rings is 1. The third-order valence-corrected chi connectivity index (χ3v) is 3.19. The summed E-state index contributed by atoms with van der Waals surface area (Å²) in [6.45, 7) is 1.24. The third-order valence-electron chi connectivity index (χ3n) is 2.69. The molecule has 1 heterocycles. The van der Waals surface area contributed by atoms with E-state index in [-0.39, 0.29) is 17.0 Å². The fourth-order valence-corrected chi connectivity index (χ4v) is 1.98. The molecule has 8 heteroatoms. The molecule has 0 radical (unpaired) electrons. The van der Waals surface area contributed by atoms with E-state index in [0.717, 1.165) is 12.1 Å². The SMILES string of the molecule is Cc1nc(C(F)(F)F)ccc1C(=O)Oc1ccc(Br)cc1F. The Labute approximate surface area is 131 Å². The fraction of sp³-hybridized carbons (Fsp3) is 0.143. The van der Waals surface area contributed by atoms with Gasteiger partial charge >= 0.3 is 12.1 Å². The first-order valence-corrected chi connectivity index (χ1v) is 6.70. The van der Waals surface area contributed by atoms with Crippen LogP contribution in [0.3, 0.4) is 0 Å². The molecule has 0 atom stereocenters. The first-order valence-electron chi connectivity index (χ1n) is 5.90. The van der Waals surface area contributed by atoms with Crippen molar-refractivity contribution in [2.75, 3.05) is 0 Å². The Morgan fingerprint density at radius 2 is 1.91 bits per heavy atom. The number of aryl methyl sites for hydroxylation is 1. The van der Waals surface area contributed by atoms with Gasteiger partial charge in [-0.3, -0.25) is 0 Å². The predicted molar refractivity (Wildman–Crippen MR) is 73.0 cm³/mol. The van der Waals surface area contributed by atoms with Gasteiger partial charge in [-0.15, -0.1) is 0 Å². The first-order chi connectivity index (χ1) is 10.2. The van der Waals surface area contributed by atoms with E-state index in [9.17, 15) is 22.4 Å². The second kappa shape index (κ2) is 6.04. The molecular weight excluding hydrogens is 370 g/mol. The van der Waals surface area contributed by atoms with Crippen LogP contribution in [0.4, 0.5) is 17.6 Å². The second-order valence-corrected chi connectivity index (χ2v) is 5.21. The Bertz CT molecular complexity index is 731. The molecule has 0 unspecified atom stereocenters. The highest BCUT2D eigenvalue weighted by Gasteiger charge is 2.33. The molecule has 0 bridgehead atoms. The van der Waals surface area contributed by atoms with Crippen molar-refractivity contribution >= 4 is 21.9 Å². The van der Waals surface area contributed by atoms with Crippen LogP contribution in [0.2, 0.25) is 0 Å². The van der Waals surface area contributed by atoms with Crippen LogP contribution in [0.1, 0.15) is 21.7 Å². The van der Waals surface area contributed by atoms with Gasteiger partial charge in [0, 0.05) is 4.47 Å². The maximum atomic E-state index is 13.6. The van der Waals surface area contributed by atoms with Crippen LogP contribution in [0.5, 0.6) is 5.75 Å². The van der Waals surface area contributed by atoms with Gasteiger partial charge in [0.15, 0.2) is 11.6 Å². The minimum absolute atomic E-state index is 0.155. The Kier molecular flexibility index (Phi) is 4.50. The Hall–Kier alpha value is -1.96. The summed E-state index contributed by atoms with van der Waals surface area (Å²) >= 11 is 3.05. The number of carbonyl (C=O) groups excluding carboxylic acids is 1. The second-order valence-electron chi connectivity index (χ2n) is 4.29. The van der Waals surface area contributed by atoms with Crippen molar-refractivity contribution in [3.05, 3.63) is 57.6 Å². The van der Waals surface area contributed by atoms with E-state index in [2.05, 4.69) is 20.9 Å². The summed E-state index contributed by atoms with van der Waals surface area (Å²) in [6, 6.07) is 5.40. The van der Waals surface area contributed by atoms with Gasteiger partial charge in [0.1, 0.15) is 5.69 Å². The van der Waals surface area contributed by atoms with Crippen molar-refractivity contribution in [1.29, 1.82) is 0 Å². The summed E-state index contributed by atoms with van der Waals surface area (Å²) in [4.78, 5) is 15.2. The van der Waals surface area contributed by atoms with Crippen LogP contribution >= 0.6 is 15.9 Å². The minimum Gasteiger partial charge on any atom is -0.420 e. The van der Waals surface area contributed by atoms with E-state index >= 15 is 0 Å². The molecule has 2 rings (SSSR count). The van der Waals surface area contributed by atoms with Gasteiger partial charge in [-0.2, -0.15) is 13.2 Å². The zero-order chi connectivity index (χ0) is 16.5. The zero-order valence-corrected chi connectivity index (χ0v) is 12.6. The summed E-state index contributed by atoms with van der Waals surface area (Å²) in [5.74, 6) is -2.09. The minimum atomic E-state index is -4.61.